The summed E-state index contributed by atoms with van der Waals surface area (Å²) in [5, 5.41) is 0.103. The molecule has 2 rings (SSSR count). The minimum atomic E-state index is -4.08. The highest BCUT2D eigenvalue weighted by Gasteiger charge is 2.26. The average Bonchev–Trinajstić information content (AvgIpc) is 2.52. The fourth-order valence-electron chi connectivity index (χ4n) is 2.20. The summed E-state index contributed by atoms with van der Waals surface area (Å²) in [7, 11) is -2.74. The van der Waals surface area contributed by atoms with Crippen molar-refractivity contribution in [1.82, 2.24) is 4.31 Å². The molecule has 4 nitrogen and oxygen atoms in total. The molecule has 0 aliphatic heterocycles. The van der Waals surface area contributed by atoms with Crippen LogP contribution < -0.4 is 4.74 Å². The minimum Gasteiger partial charge on any atom is -0.494 e. The molecule has 0 N–H and O–H groups in total. The molecular formula is C16H16ClF2NO3S. The van der Waals surface area contributed by atoms with Crippen LogP contribution in [0.25, 0.3) is 0 Å². The van der Waals surface area contributed by atoms with Crippen LogP contribution in [0.2, 0.25) is 5.02 Å². The predicted molar refractivity (Wildman–Crippen MR) is 87.6 cm³/mol. The van der Waals surface area contributed by atoms with Crippen molar-refractivity contribution in [2.24, 2.45) is 0 Å². The standard InChI is InChI=1S/C16H16ClF2NO3S/c1-3-20(10-11-4-6-15(23-2)13(18)8-11)24(21,22)16-7-5-12(17)9-14(16)19/h4-9H,3,10H2,1-2H3. The van der Waals surface area contributed by atoms with Gasteiger partial charge in [0.2, 0.25) is 10.0 Å². The summed E-state index contributed by atoms with van der Waals surface area (Å²) in [6.07, 6.45) is 0. The van der Waals surface area contributed by atoms with Crippen LogP contribution >= 0.6 is 11.6 Å². The molecule has 0 saturated carbocycles. The number of hydrogen-bond donors (Lipinski definition) is 0. The van der Waals surface area contributed by atoms with Crippen molar-refractivity contribution >= 4 is 21.6 Å². The lowest BCUT2D eigenvalue weighted by Gasteiger charge is -2.21. The fraction of sp³-hybridized carbons (Fsp3) is 0.250. The second-order valence-corrected chi connectivity index (χ2v) is 7.32. The molecule has 0 saturated heterocycles. The third-order valence-electron chi connectivity index (χ3n) is 3.44. The number of halogens is 3. The highest BCUT2D eigenvalue weighted by molar-refractivity contribution is 7.89. The summed E-state index contributed by atoms with van der Waals surface area (Å²) >= 11 is 5.65. The lowest BCUT2D eigenvalue weighted by molar-refractivity contribution is 0.384. The molecule has 0 aliphatic carbocycles. The summed E-state index contributed by atoms with van der Waals surface area (Å²) in [6.45, 7) is 1.62. The molecule has 0 atom stereocenters. The van der Waals surface area contributed by atoms with E-state index in [1.165, 1.54) is 25.3 Å². The Morgan fingerprint density at radius 3 is 2.38 bits per heavy atom. The van der Waals surface area contributed by atoms with Crippen molar-refractivity contribution < 1.29 is 21.9 Å². The van der Waals surface area contributed by atoms with Crippen LogP contribution in [0, 0.1) is 11.6 Å². The number of rotatable bonds is 6. The second kappa shape index (κ2) is 7.46. The molecule has 0 aromatic heterocycles. The zero-order chi connectivity index (χ0) is 17.9. The van der Waals surface area contributed by atoms with Gasteiger partial charge in [-0.05, 0) is 35.9 Å². The number of benzene rings is 2. The maximum atomic E-state index is 14.0. The smallest absolute Gasteiger partial charge is 0.246 e. The molecule has 2 aromatic rings. The third-order valence-corrected chi connectivity index (χ3v) is 5.63. The Hall–Kier alpha value is -1.70. The van der Waals surface area contributed by atoms with Gasteiger partial charge in [-0.25, -0.2) is 17.2 Å². The molecule has 24 heavy (non-hydrogen) atoms. The first kappa shape index (κ1) is 18.6. The molecule has 0 heterocycles. The van der Waals surface area contributed by atoms with Crippen molar-refractivity contribution in [2.75, 3.05) is 13.7 Å². The zero-order valence-electron chi connectivity index (χ0n) is 13.1. The van der Waals surface area contributed by atoms with E-state index >= 15 is 0 Å². The molecule has 0 unspecified atom stereocenters. The van der Waals surface area contributed by atoms with E-state index < -0.39 is 26.6 Å². The summed E-state index contributed by atoms with van der Waals surface area (Å²) in [6, 6.07) is 7.51. The van der Waals surface area contributed by atoms with Gasteiger partial charge in [0.15, 0.2) is 11.6 Å². The minimum absolute atomic E-state index is 0.0633. The average molecular weight is 376 g/mol. The maximum Gasteiger partial charge on any atom is 0.246 e. The summed E-state index contributed by atoms with van der Waals surface area (Å²) < 4.78 is 58.9. The van der Waals surface area contributed by atoms with Crippen molar-refractivity contribution in [3.63, 3.8) is 0 Å². The highest BCUT2D eigenvalue weighted by Crippen LogP contribution is 2.25. The Morgan fingerprint density at radius 2 is 1.83 bits per heavy atom. The zero-order valence-corrected chi connectivity index (χ0v) is 14.7. The molecule has 0 radical (unpaired) electrons. The van der Waals surface area contributed by atoms with Gasteiger partial charge in [0.05, 0.1) is 7.11 Å². The van der Waals surface area contributed by atoms with Gasteiger partial charge in [0.25, 0.3) is 0 Å². The SMILES string of the molecule is CCN(Cc1ccc(OC)c(F)c1)S(=O)(=O)c1ccc(Cl)cc1F. The Kier molecular flexibility index (Phi) is 5.79. The van der Waals surface area contributed by atoms with Gasteiger partial charge in [-0.2, -0.15) is 4.31 Å². The number of hydrogen-bond acceptors (Lipinski definition) is 3. The van der Waals surface area contributed by atoms with E-state index in [1.807, 2.05) is 0 Å². The molecule has 0 spiro atoms. The number of methoxy groups -OCH3 is 1. The van der Waals surface area contributed by atoms with E-state index in [-0.39, 0.29) is 23.9 Å². The van der Waals surface area contributed by atoms with Crippen LogP contribution in [0.4, 0.5) is 8.78 Å². The quantitative estimate of drug-likeness (QED) is 0.770. The largest absolute Gasteiger partial charge is 0.494 e. The van der Waals surface area contributed by atoms with Gasteiger partial charge in [-0.3, -0.25) is 0 Å². The number of ether oxygens (including phenoxy) is 1. The van der Waals surface area contributed by atoms with Crippen LogP contribution in [-0.4, -0.2) is 26.4 Å². The van der Waals surface area contributed by atoms with Crippen LogP contribution in [0.5, 0.6) is 5.75 Å². The highest BCUT2D eigenvalue weighted by atomic mass is 35.5. The van der Waals surface area contributed by atoms with Crippen LogP contribution in [0.15, 0.2) is 41.3 Å². The van der Waals surface area contributed by atoms with Crippen molar-refractivity contribution in [3.8, 4) is 5.75 Å². The van der Waals surface area contributed by atoms with E-state index in [9.17, 15) is 17.2 Å². The Morgan fingerprint density at radius 1 is 1.12 bits per heavy atom. The Labute approximate surface area is 144 Å². The number of nitrogens with zero attached hydrogens (tertiary/aromatic N) is 1. The summed E-state index contributed by atoms with van der Waals surface area (Å²) in [5.41, 5.74) is 0.424. The van der Waals surface area contributed by atoms with E-state index in [2.05, 4.69) is 0 Å². The molecule has 130 valence electrons. The van der Waals surface area contributed by atoms with Gasteiger partial charge in [-0.15, -0.1) is 0 Å². The van der Waals surface area contributed by atoms with Crippen LogP contribution in [-0.2, 0) is 16.6 Å². The molecule has 0 bridgehead atoms. The van der Waals surface area contributed by atoms with E-state index in [4.69, 9.17) is 16.3 Å². The Balaban J connectivity index is 2.34. The first-order valence-electron chi connectivity index (χ1n) is 7.07. The van der Waals surface area contributed by atoms with E-state index in [1.54, 1.807) is 13.0 Å². The lowest BCUT2D eigenvalue weighted by Crippen LogP contribution is -2.31. The maximum absolute atomic E-state index is 14.0. The molecule has 2 aromatic carbocycles. The van der Waals surface area contributed by atoms with E-state index in [0.717, 1.165) is 16.4 Å². The van der Waals surface area contributed by atoms with Gasteiger partial charge in [0, 0.05) is 18.1 Å². The topological polar surface area (TPSA) is 46.6 Å². The molecule has 8 heteroatoms. The fourth-order valence-corrected chi connectivity index (χ4v) is 3.84. The molecule has 0 fully saturated rings. The molecule has 0 aliphatic rings. The Bertz CT molecular complexity index is 843. The summed E-state index contributed by atoms with van der Waals surface area (Å²) in [4.78, 5) is -0.470. The second-order valence-electron chi connectivity index (χ2n) is 4.97. The van der Waals surface area contributed by atoms with Gasteiger partial charge < -0.3 is 4.74 Å². The van der Waals surface area contributed by atoms with Crippen LogP contribution in [0.1, 0.15) is 12.5 Å². The predicted octanol–water partition coefficient (Wildman–Crippen LogP) is 3.84. The van der Waals surface area contributed by atoms with Crippen molar-refractivity contribution in [1.29, 1.82) is 0 Å². The van der Waals surface area contributed by atoms with Crippen molar-refractivity contribution in [2.45, 2.75) is 18.4 Å². The lowest BCUT2D eigenvalue weighted by atomic mass is 10.2. The molecule has 0 amide bonds. The monoisotopic (exact) mass is 375 g/mol. The van der Waals surface area contributed by atoms with E-state index in [0.29, 0.717) is 5.56 Å². The molecular weight excluding hydrogens is 360 g/mol. The van der Waals surface area contributed by atoms with Gasteiger partial charge in [0.1, 0.15) is 10.7 Å². The number of sulfonamides is 1. The third kappa shape index (κ3) is 3.85. The first-order chi connectivity index (χ1) is 11.3. The normalized spacial score (nSPS) is 11.8. The van der Waals surface area contributed by atoms with Crippen LogP contribution in [0.3, 0.4) is 0 Å². The summed E-state index contributed by atoms with van der Waals surface area (Å²) in [5.74, 6) is -1.46. The van der Waals surface area contributed by atoms with Gasteiger partial charge >= 0.3 is 0 Å². The first-order valence-corrected chi connectivity index (χ1v) is 8.89. The van der Waals surface area contributed by atoms with Crippen molar-refractivity contribution in [3.05, 3.63) is 58.6 Å². The van der Waals surface area contributed by atoms with Gasteiger partial charge in [-0.1, -0.05) is 24.6 Å².